The minimum absolute atomic E-state index is 0.275. The number of nitrogens with zero attached hydrogens (tertiary/aromatic N) is 1. The minimum atomic E-state index is -1.27. The Morgan fingerprint density at radius 3 is 2.76 bits per heavy atom. The molecule has 0 aliphatic heterocycles. The molecule has 0 spiro atoms. The van der Waals surface area contributed by atoms with Crippen LogP contribution >= 0.6 is 11.3 Å². The van der Waals surface area contributed by atoms with Crippen molar-refractivity contribution < 1.29 is 19.8 Å². The highest BCUT2D eigenvalue weighted by Crippen LogP contribution is 2.21. The summed E-state index contributed by atoms with van der Waals surface area (Å²) in [6.07, 6.45) is 0. The maximum Gasteiger partial charge on any atom is 0.339 e. The summed E-state index contributed by atoms with van der Waals surface area (Å²) in [5.74, 6) is -1.62. The Labute approximate surface area is 124 Å². The fourth-order valence-corrected chi connectivity index (χ4v) is 2.31. The molecule has 0 saturated carbocycles. The van der Waals surface area contributed by atoms with E-state index in [1.54, 1.807) is 0 Å². The number of carboxylic acids is 1. The van der Waals surface area contributed by atoms with E-state index in [1.165, 1.54) is 29.5 Å². The van der Waals surface area contributed by atoms with E-state index in [0.29, 0.717) is 0 Å². The van der Waals surface area contributed by atoms with Gasteiger partial charge in [0.1, 0.15) is 16.3 Å². The number of carbonyl (C=O) groups is 2. The van der Waals surface area contributed by atoms with Crippen molar-refractivity contribution in [2.45, 2.75) is 13.5 Å². The van der Waals surface area contributed by atoms with E-state index in [0.717, 1.165) is 10.7 Å². The number of carboxylic acid groups (broad SMARTS) is 1. The van der Waals surface area contributed by atoms with E-state index < -0.39 is 12.0 Å². The standard InChI is InChI=1S/C13H13N3O4S/c1-7-6-21-11(15-7)5-14-13(20)16-8-2-3-10(17)9(4-8)12(18)19/h2-4,6,17H,5H2,1H3,(H,18,19)(H2,14,16,20). The number of rotatable bonds is 4. The number of hydrogen-bond donors (Lipinski definition) is 4. The predicted octanol–water partition coefficient (Wildman–Crippen LogP) is 2.18. The molecule has 21 heavy (non-hydrogen) atoms. The number of phenols is 1. The molecule has 0 bridgehead atoms. The van der Waals surface area contributed by atoms with Gasteiger partial charge in [-0.15, -0.1) is 11.3 Å². The van der Waals surface area contributed by atoms with Crippen molar-refractivity contribution in [3.63, 3.8) is 0 Å². The monoisotopic (exact) mass is 307 g/mol. The molecule has 2 aromatic rings. The summed E-state index contributed by atoms with van der Waals surface area (Å²) in [6, 6.07) is 3.33. The van der Waals surface area contributed by atoms with Gasteiger partial charge < -0.3 is 20.8 Å². The quantitative estimate of drug-likeness (QED) is 0.647. The van der Waals surface area contributed by atoms with Gasteiger partial charge in [-0.25, -0.2) is 14.6 Å². The molecule has 0 unspecified atom stereocenters. The Morgan fingerprint density at radius 1 is 1.38 bits per heavy atom. The van der Waals surface area contributed by atoms with E-state index in [2.05, 4.69) is 15.6 Å². The highest BCUT2D eigenvalue weighted by molar-refractivity contribution is 7.09. The molecule has 0 atom stereocenters. The number of aromatic nitrogens is 1. The molecule has 2 rings (SSSR count). The number of aryl methyl sites for hydroxylation is 1. The first-order chi connectivity index (χ1) is 9.95. The van der Waals surface area contributed by atoms with Crippen molar-refractivity contribution in [2.75, 3.05) is 5.32 Å². The maximum absolute atomic E-state index is 11.7. The summed E-state index contributed by atoms with van der Waals surface area (Å²) in [5.41, 5.74) is 0.892. The molecule has 0 aliphatic rings. The van der Waals surface area contributed by atoms with Crippen LogP contribution in [0.5, 0.6) is 5.75 Å². The van der Waals surface area contributed by atoms with Gasteiger partial charge in [0.25, 0.3) is 0 Å². The van der Waals surface area contributed by atoms with Crippen LogP contribution in [0.15, 0.2) is 23.6 Å². The molecule has 0 radical (unpaired) electrons. The average Bonchev–Trinajstić information content (AvgIpc) is 2.84. The lowest BCUT2D eigenvalue weighted by molar-refractivity contribution is 0.0693. The van der Waals surface area contributed by atoms with Gasteiger partial charge in [-0.1, -0.05) is 0 Å². The van der Waals surface area contributed by atoms with Gasteiger partial charge in [-0.05, 0) is 25.1 Å². The molecule has 110 valence electrons. The Hall–Kier alpha value is -2.61. The minimum Gasteiger partial charge on any atom is -0.507 e. The van der Waals surface area contributed by atoms with Gasteiger partial charge in [0.05, 0.1) is 6.54 Å². The largest absolute Gasteiger partial charge is 0.507 e. The summed E-state index contributed by atoms with van der Waals surface area (Å²) < 4.78 is 0. The number of nitrogens with one attached hydrogen (secondary N) is 2. The van der Waals surface area contributed by atoms with Crippen LogP contribution in [0.3, 0.4) is 0 Å². The van der Waals surface area contributed by atoms with Crippen LogP contribution in [-0.4, -0.2) is 27.2 Å². The van der Waals surface area contributed by atoms with E-state index in [4.69, 9.17) is 5.11 Å². The molecular formula is C13H13N3O4S. The lowest BCUT2D eigenvalue weighted by Crippen LogP contribution is -2.28. The van der Waals surface area contributed by atoms with Crippen LogP contribution < -0.4 is 10.6 Å². The molecule has 1 aromatic carbocycles. The molecule has 2 amide bonds. The number of anilines is 1. The van der Waals surface area contributed by atoms with Crippen molar-refractivity contribution in [3.05, 3.63) is 39.8 Å². The van der Waals surface area contributed by atoms with Crippen LogP contribution in [-0.2, 0) is 6.54 Å². The molecule has 1 aromatic heterocycles. The fraction of sp³-hybridized carbons (Fsp3) is 0.154. The van der Waals surface area contributed by atoms with E-state index in [-0.39, 0.29) is 23.5 Å². The zero-order valence-electron chi connectivity index (χ0n) is 11.1. The van der Waals surface area contributed by atoms with Crippen LogP contribution in [0.1, 0.15) is 21.1 Å². The number of aromatic carboxylic acids is 1. The first-order valence-electron chi connectivity index (χ1n) is 5.98. The second-order valence-electron chi connectivity index (χ2n) is 4.23. The SMILES string of the molecule is Cc1csc(CNC(=O)Nc2ccc(O)c(C(=O)O)c2)n1. The molecule has 1 heterocycles. The van der Waals surface area contributed by atoms with Gasteiger partial charge in [0, 0.05) is 16.8 Å². The Bertz CT molecular complexity index is 684. The topological polar surface area (TPSA) is 112 Å². The van der Waals surface area contributed by atoms with Gasteiger partial charge in [-0.2, -0.15) is 0 Å². The third-order valence-corrected chi connectivity index (χ3v) is 3.52. The number of thiazole rings is 1. The molecule has 0 aliphatic carbocycles. The van der Waals surface area contributed by atoms with Crippen LogP contribution in [0.4, 0.5) is 10.5 Å². The smallest absolute Gasteiger partial charge is 0.339 e. The summed E-state index contributed by atoms with van der Waals surface area (Å²) in [7, 11) is 0. The Balaban J connectivity index is 1.96. The van der Waals surface area contributed by atoms with Crippen molar-refractivity contribution in [1.29, 1.82) is 0 Å². The summed E-state index contributed by atoms with van der Waals surface area (Å²) in [6.45, 7) is 2.15. The maximum atomic E-state index is 11.7. The number of hydrogen-bond acceptors (Lipinski definition) is 5. The average molecular weight is 307 g/mol. The van der Waals surface area contributed by atoms with Gasteiger partial charge in [0.2, 0.25) is 0 Å². The normalized spacial score (nSPS) is 10.1. The second-order valence-corrected chi connectivity index (χ2v) is 5.17. The van der Waals surface area contributed by atoms with Gasteiger partial charge in [-0.3, -0.25) is 0 Å². The molecule has 0 fully saturated rings. The van der Waals surface area contributed by atoms with Crippen molar-refractivity contribution in [2.24, 2.45) is 0 Å². The molecule has 4 N–H and O–H groups in total. The number of urea groups is 1. The predicted molar refractivity (Wildman–Crippen MR) is 77.8 cm³/mol. The lowest BCUT2D eigenvalue weighted by atomic mass is 10.2. The van der Waals surface area contributed by atoms with Crippen LogP contribution in [0, 0.1) is 6.92 Å². The third-order valence-electron chi connectivity index (χ3n) is 2.55. The lowest BCUT2D eigenvalue weighted by Gasteiger charge is -2.08. The van der Waals surface area contributed by atoms with Crippen molar-refractivity contribution in [3.8, 4) is 5.75 Å². The van der Waals surface area contributed by atoms with Crippen molar-refractivity contribution >= 4 is 29.0 Å². The Morgan fingerprint density at radius 2 is 2.14 bits per heavy atom. The van der Waals surface area contributed by atoms with Crippen LogP contribution in [0.25, 0.3) is 0 Å². The Kier molecular flexibility index (Phi) is 4.39. The summed E-state index contributed by atoms with van der Waals surface area (Å²) in [5, 5.41) is 26.0. The zero-order chi connectivity index (χ0) is 15.4. The molecule has 8 heteroatoms. The first-order valence-corrected chi connectivity index (χ1v) is 6.86. The summed E-state index contributed by atoms with van der Waals surface area (Å²) in [4.78, 5) is 26.8. The number of benzene rings is 1. The second kappa shape index (κ2) is 6.23. The number of amides is 2. The number of carbonyl (C=O) groups excluding carboxylic acids is 1. The third kappa shape index (κ3) is 3.93. The van der Waals surface area contributed by atoms with E-state index in [1.807, 2.05) is 12.3 Å². The molecule has 7 nitrogen and oxygen atoms in total. The van der Waals surface area contributed by atoms with E-state index in [9.17, 15) is 14.7 Å². The fourth-order valence-electron chi connectivity index (χ4n) is 1.60. The molecular weight excluding hydrogens is 294 g/mol. The zero-order valence-corrected chi connectivity index (χ0v) is 11.9. The number of aromatic hydroxyl groups is 1. The molecule has 0 saturated heterocycles. The first kappa shape index (κ1) is 14.8. The van der Waals surface area contributed by atoms with Gasteiger partial charge in [0.15, 0.2) is 0 Å². The van der Waals surface area contributed by atoms with Crippen LogP contribution in [0.2, 0.25) is 0 Å². The van der Waals surface area contributed by atoms with E-state index >= 15 is 0 Å². The highest BCUT2D eigenvalue weighted by Gasteiger charge is 2.11. The summed E-state index contributed by atoms with van der Waals surface area (Å²) >= 11 is 1.44. The highest BCUT2D eigenvalue weighted by atomic mass is 32.1. The van der Waals surface area contributed by atoms with Gasteiger partial charge >= 0.3 is 12.0 Å². The van der Waals surface area contributed by atoms with Crippen molar-refractivity contribution in [1.82, 2.24) is 10.3 Å².